The zero-order chi connectivity index (χ0) is 14.7. The minimum atomic E-state index is -1.08. The van der Waals surface area contributed by atoms with Crippen LogP contribution >= 0.6 is 15.9 Å². The van der Waals surface area contributed by atoms with E-state index in [0.717, 1.165) is 12.1 Å². The molecule has 7 heteroatoms. The molecule has 1 aromatic heterocycles. The molecule has 2 N–H and O–H groups in total. The van der Waals surface area contributed by atoms with Gasteiger partial charge in [-0.15, -0.1) is 0 Å². The fourth-order valence-electron chi connectivity index (χ4n) is 1.55. The predicted octanol–water partition coefficient (Wildman–Crippen LogP) is 3.43. The molecular weight excluding hydrogens is 334 g/mol. The van der Waals surface area contributed by atoms with Gasteiger partial charge in [-0.1, -0.05) is 15.9 Å². The highest BCUT2D eigenvalue weighted by molar-refractivity contribution is 9.10. The van der Waals surface area contributed by atoms with Crippen LogP contribution in [0.1, 0.15) is 16.1 Å². The van der Waals surface area contributed by atoms with Gasteiger partial charge in [0.2, 0.25) is 0 Å². The van der Waals surface area contributed by atoms with Crippen LogP contribution in [0.25, 0.3) is 0 Å². The molecule has 0 aliphatic carbocycles. The van der Waals surface area contributed by atoms with Crippen LogP contribution in [0.15, 0.2) is 34.9 Å². The van der Waals surface area contributed by atoms with Crippen LogP contribution in [0.5, 0.6) is 0 Å². The Hall–Kier alpha value is -2.02. The molecule has 1 heterocycles. The third-order valence-electron chi connectivity index (χ3n) is 2.52. The highest BCUT2D eigenvalue weighted by Gasteiger charge is 2.10. The first kappa shape index (κ1) is 14.4. The maximum atomic E-state index is 13.6. The quantitative estimate of drug-likeness (QED) is 0.893. The van der Waals surface area contributed by atoms with E-state index in [-0.39, 0.29) is 17.8 Å². The van der Waals surface area contributed by atoms with E-state index >= 15 is 0 Å². The van der Waals surface area contributed by atoms with Gasteiger partial charge in [-0.05, 0) is 24.3 Å². The Morgan fingerprint density at radius 3 is 2.45 bits per heavy atom. The highest BCUT2D eigenvalue weighted by atomic mass is 79.9. The summed E-state index contributed by atoms with van der Waals surface area (Å²) in [6.45, 7) is 0.0787. The monoisotopic (exact) mass is 342 g/mol. The van der Waals surface area contributed by atoms with Gasteiger partial charge in [-0.3, -0.25) is 4.98 Å². The zero-order valence-electron chi connectivity index (χ0n) is 10.0. The number of carboxylic acid groups (broad SMARTS) is 1. The SMILES string of the molecule is O=C(O)c1ccc(CNc2c(F)cc(Br)cc2F)nc1. The van der Waals surface area contributed by atoms with Crippen molar-refractivity contribution in [2.75, 3.05) is 5.32 Å². The Bertz CT molecular complexity index is 624. The lowest BCUT2D eigenvalue weighted by molar-refractivity contribution is 0.0696. The number of hydrogen-bond donors (Lipinski definition) is 2. The fourth-order valence-corrected chi connectivity index (χ4v) is 1.95. The van der Waals surface area contributed by atoms with Crippen molar-refractivity contribution in [1.82, 2.24) is 4.98 Å². The summed E-state index contributed by atoms with van der Waals surface area (Å²) in [6, 6.07) is 5.14. The van der Waals surface area contributed by atoms with Crippen molar-refractivity contribution in [2.45, 2.75) is 6.54 Å². The number of halogens is 3. The van der Waals surface area contributed by atoms with Crippen LogP contribution < -0.4 is 5.32 Å². The summed E-state index contributed by atoms with van der Waals surface area (Å²) in [6.07, 6.45) is 1.19. The molecule has 0 amide bonds. The van der Waals surface area contributed by atoms with E-state index in [1.165, 1.54) is 18.3 Å². The topological polar surface area (TPSA) is 62.2 Å². The zero-order valence-corrected chi connectivity index (χ0v) is 11.6. The Morgan fingerprint density at radius 2 is 1.95 bits per heavy atom. The summed E-state index contributed by atoms with van der Waals surface area (Å²) >= 11 is 2.99. The standard InChI is InChI=1S/C13H9BrF2N2O2/c14-8-3-10(15)12(11(16)4-8)18-6-9-2-1-7(5-17-9)13(19)20/h1-5,18H,6H2,(H,19,20). The smallest absolute Gasteiger partial charge is 0.337 e. The number of carboxylic acids is 1. The first-order valence-corrected chi connectivity index (χ1v) is 6.33. The van der Waals surface area contributed by atoms with E-state index in [9.17, 15) is 13.6 Å². The molecule has 2 rings (SSSR count). The van der Waals surface area contributed by atoms with E-state index in [2.05, 4.69) is 26.2 Å². The van der Waals surface area contributed by atoms with E-state index in [1.807, 2.05) is 0 Å². The van der Waals surface area contributed by atoms with Crippen LogP contribution in [-0.4, -0.2) is 16.1 Å². The lowest BCUT2D eigenvalue weighted by atomic mass is 10.2. The van der Waals surface area contributed by atoms with Gasteiger partial charge < -0.3 is 10.4 Å². The first-order valence-electron chi connectivity index (χ1n) is 5.54. The number of carbonyl (C=O) groups is 1. The highest BCUT2D eigenvalue weighted by Crippen LogP contribution is 2.24. The summed E-state index contributed by atoms with van der Waals surface area (Å²) in [5, 5.41) is 11.3. The number of aromatic carboxylic acids is 1. The third-order valence-corrected chi connectivity index (χ3v) is 2.98. The summed E-state index contributed by atoms with van der Waals surface area (Å²) in [4.78, 5) is 14.5. The molecule has 0 fully saturated rings. The summed E-state index contributed by atoms with van der Waals surface area (Å²) in [7, 11) is 0. The molecule has 0 unspecified atom stereocenters. The van der Waals surface area contributed by atoms with Gasteiger partial charge in [0.25, 0.3) is 0 Å². The Balaban J connectivity index is 2.11. The fraction of sp³-hybridized carbons (Fsp3) is 0.0769. The second kappa shape index (κ2) is 5.96. The molecule has 1 aromatic carbocycles. The lowest BCUT2D eigenvalue weighted by Crippen LogP contribution is -2.06. The molecule has 0 aliphatic heterocycles. The number of nitrogens with zero attached hydrogens (tertiary/aromatic N) is 1. The number of hydrogen-bond acceptors (Lipinski definition) is 3. The molecule has 20 heavy (non-hydrogen) atoms. The van der Waals surface area contributed by atoms with E-state index in [4.69, 9.17) is 5.11 Å². The van der Waals surface area contributed by atoms with Gasteiger partial charge in [0.1, 0.15) is 17.3 Å². The van der Waals surface area contributed by atoms with Crippen LogP contribution in [0, 0.1) is 11.6 Å². The first-order chi connectivity index (χ1) is 9.47. The van der Waals surface area contributed by atoms with Crippen LogP contribution in [0.2, 0.25) is 0 Å². The minimum absolute atomic E-state index is 0.0507. The second-order valence-corrected chi connectivity index (χ2v) is 4.86. The molecule has 4 nitrogen and oxygen atoms in total. The molecule has 0 radical (unpaired) electrons. The largest absolute Gasteiger partial charge is 0.478 e. The van der Waals surface area contributed by atoms with E-state index in [0.29, 0.717) is 10.2 Å². The number of anilines is 1. The summed E-state index contributed by atoms with van der Waals surface area (Å²) < 4.78 is 27.4. The molecule has 0 aliphatic rings. The molecule has 0 bridgehead atoms. The number of rotatable bonds is 4. The Morgan fingerprint density at radius 1 is 1.30 bits per heavy atom. The van der Waals surface area contributed by atoms with Crippen molar-refractivity contribution >= 4 is 27.6 Å². The molecule has 0 atom stereocenters. The molecular formula is C13H9BrF2N2O2. The molecule has 0 saturated carbocycles. The van der Waals surface area contributed by atoms with Gasteiger partial charge in [-0.2, -0.15) is 0 Å². The van der Waals surface area contributed by atoms with Crippen LogP contribution in [-0.2, 0) is 6.54 Å². The Kier molecular flexibility index (Phi) is 4.29. The summed E-state index contributed by atoms with van der Waals surface area (Å²) in [5.41, 5.74) is 0.267. The van der Waals surface area contributed by atoms with Gasteiger partial charge in [-0.25, -0.2) is 13.6 Å². The maximum absolute atomic E-state index is 13.6. The molecule has 0 saturated heterocycles. The van der Waals surface area contributed by atoms with Crippen molar-refractivity contribution in [3.05, 3.63) is 57.8 Å². The molecule has 104 valence electrons. The molecule has 0 spiro atoms. The van der Waals surface area contributed by atoms with Crippen molar-refractivity contribution in [2.24, 2.45) is 0 Å². The van der Waals surface area contributed by atoms with Crippen molar-refractivity contribution in [3.8, 4) is 0 Å². The van der Waals surface area contributed by atoms with Crippen molar-refractivity contribution in [1.29, 1.82) is 0 Å². The van der Waals surface area contributed by atoms with Gasteiger partial charge in [0.05, 0.1) is 17.8 Å². The van der Waals surface area contributed by atoms with E-state index < -0.39 is 17.6 Å². The number of benzene rings is 1. The van der Waals surface area contributed by atoms with Gasteiger partial charge in [0, 0.05) is 10.7 Å². The van der Waals surface area contributed by atoms with Crippen molar-refractivity contribution in [3.63, 3.8) is 0 Å². The number of aromatic nitrogens is 1. The molecule has 2 aromatic rings. The van der Waals surface area contributed by atoms with Crippen LogP contribution in [0.4, 0.5) is 14.5 Å². The normalized spacial score (nSPS) is 10.3. The average molecular weight is 343 g/mol. The second-order valence-electron chi connectivity index (χ2n) is 3.94. The number of pyridine rings is 1. The van der Waals surface area contributed by atoms with Crippen molar-refractivity contribution < 1.29 is 18.7 Å². The minimum Gasteiger partial charge on any atom is -0.478 e. The summed E-state index contributed by atoms with van der Waals surface area (Å²) in [5.74, 6) is -2.53. The van der Waals surface area contributed by atoms with Gasteiger partial charge >= 0.3 is 5.97 Å². The average Bonchev–Trinajstić information content (AvgIpc) is 2.38. The Labute approximate surface area is 121 Å². The lowest BCUT2D eigenvalue weighted by Gasteiger charge is -2.09. The third kappa shape index (κ3) is 3.30. The van der Waals surface area contributed by atoms with E-state index in [1.54, 1.807) is 0 Å². The number of nitrogens with one attached hydrogen (secondary N) is 1. The predicted molar refractivity (Wildman–Crippen MR) is 72.6 cm³/mol. The maximum Gasteiger partial charge on any atom is 0.337 e. The van der Waals surface area contributed by atoms with Crippen LogP contribution in [0.3, 0.4) is 0 Å². The van der Waals surface area contributed by atoms with Gasteiger partial charge in [0.15, 0.2) is 0 Å².